The minimum absolute atomic E-state index is 0.0146. The molecule has 0 radical (unpaired) electrons. The molecule has 0 aliphatic carbocycles. The summed E-state index contributed by atoms with van der Waals surface area (Å²) < 4.78 is 10.6. The molecule has 1 aromatic carbocycles. The Kier molecular flexibility index (Phi) is 4.78. The van der Waals surface area contributed by atoms with E-state index in [0.29, 0.717) is 41.8 Å². The van der Waals surface area contributed by atoms with Gasteiger partial charge in [0.05, 0.1) is 18.9 Å². The van der Waals surface area contributed by atoms with E-state index in [2.05, 4.69) is 20.1 Å². The number of piperidine rings is 1. The van der Waals surface area contributed by atoms with Crippen LogP contribution in [0.4, 0.5) is 0 Å². The maximum Gasteiger partial charge on any atom is 0.278 e. The van der Waals surface area contributed by atoms with Crippen LogP contribution in [0.5, 0.6) is 5.75 Å². The molecule has 1 aliphatic rings. The summed E-state index contributed by atoms with van der Waals surface area (Å²) in [6, 6.07) is 7.29. The van der Waals surface area contributed by atoms with Crippen molar-refractivity contribution in [2.24, 2.45) is 0 Å². The Hall–Kier alpha value is -3.29. The van der Waals surface area contributed by atoms with E-state index in [4.69, 9.17) is 9.26 Å². The van der Waals surface area contributed by atoms with Gasteiger partial charge in [-0.25, -0.2) is 4.98 Å². The molecule has 0 spiro atoms. The number of likely N-dealkylation sites (tertiary alicyclic amines) is 1. The second kappa shape index (κ2) is 7.53. The fourth-order valence-electron chi connectivity index (χ4n) is 3.25. The zero-order valence-corrected chi connectivity index (χ0v) is 14.9. The van der Waals surface area contributed by atoms with Gasteiger partial charge in [-0.3, -0.25) is 9.78 Å². The standard InChI is InChI=1S/C19H19N5O3/c1-26-16-5-3-2-4-14(16)19(25)24-10-6-13(7-11-24)17-22-18(27-23-17)15-12-20-8-9-21-15/h2-5,8-9,12-13H,6-7,10-11H2,1H3. The van der Waals surface area contributed by atoms with Gasteiger partial charge >= 0.3 is 0 Å². The Morgan fingerprint density at radius 2 is 2.04 bits per heavy atom. The van der Waals surface area contributed by atoms with Crippen LogP contribution in [-0.2, 0) is 0 Å². The summed E-state index contributed by atoms with van der Waals surface area (Å²) in [5.74, 6) is 1.75. The van der Waals surface area contributed by atoms with E-state index >= 15 is 0 Å². The summed E-state index contributed by atoms with van der Waals surface area (Å²) >= 11 is 0. The number of para-hydroxylation sites is 1. The lowest BCUT2D eigenvalue weighted by Gasteiger charge is -2.31. The molecule has 27 heavy (non-hydrogen) atoms. The highest BCUT2D eigenvalue weighted by atomic mass is 16.5. The fraction of sp³-hybridized carbons (Fsp3) is 0.316. The third kappa shape index (κ3) is 3.51. The van der Waals surface area contributed by atoms with Crippen LogP contribution >= 0.6 is 0 Å². The highest BCUT2D eigenvalue weighted by Gasteiger charge is 2.28. The highest BCUT2D eigenvalue weighted by Crippen LogP contribution is 2.29. The Morgan fingerprint density at radius 3 is 2.78 bits per heavy atom. The fourth-order valence-corrected chi connectivity index (χ4v) is 3.25. The van der Waals surface area contributed by atoms with E-state index in [1.807, 2.05) is 17.0 Å². The van der Waals surface area contributed by atoms with Crippen molar-refractivity contribution in [1.29, 1.82) is 0 Å². The van der Waals surface area contributed by atoms with Gasteiger partial charge in [-0.15, -0.1) is 0 Å². The van der Waals surface area contributed by atoms with Crippen molar-refractivity contribution in [2.45, 2.75) is 18.8 Å². The van der Waals surface area contributed by atoms with E-state index in [-0.39, 0.29) is 11.8 Å². The first-order valence-corrected chi connectivity index (χ1v) is 8.78. The number of carbonyl (C=O) groups excluding carboxylic acids is 1. The summed E-state index contributed by atoms with van der Waals surface area (Å²) in [4.78, 5) is 27.3. The summed E-state index contributed by atoms with van der Waals surface area (Å²) in [5.41, 5.74) is 1.14. The van der Waals surface area contributed by atoms with Crippen molar-refractivity contribution in [3.63, 3.8) is 0 Å². The molecule has 8 heteroatoms. The van der Waals surface area contributed by atoms with Gasteiger partial charge in [-0.05, 0) is 25.0 Å². The van der Waals surface area contributed by atoms with Crippen LogP contribution in [0.25, 0.3) is 11.6 Å². The lowest BCUT2D eigenvalue weighted by Crippen LogP contribution is -2.38. The van der Waals surface area contributed by atoms with Gasteiger partial charge < -0.3 is 14.2 Å². The number of rotatable bonds is 4. The smallest absolute Gasteiger partial charge is 0.278 e. The van der Waals surface area contributed by atoms with Crippen LogP contribution in [0.3, 0.4) is 0 Å². The quantitative estimate of drug-likeness (QED) is 0.701. The van der Waals surface area contributed by atoms with Crippen LogP contribution in [0.2, 0.25) is 0 Å². The van der Waals surface area contributed by atoms with Crippen molar-refractivity contribution in [3.8, 4) is 17.3 Å². The molecular weight excluding hydrogens is 346 g/mol. The first-order valence-electron chi connectivity index (χ1n) is 8.78. The number of carbonyl (C=O) groups is 1. The normalized spacial score (nSPS) is 14.9. The molecule has 1 saturated heterocycles. The minimum Gasteiger partial charge on any atom is -0.496 e. The van der Waals surface area contributed by atoms with Crippen LogP contribution in [0, 0.1) is 0 Å². The molecule has 0 bridgehead atoms. The molecule has 138 valence electrons. The Balaban J connectivity index is 1.42. The molecule has 4 rings (SSSR count). The number of nitrogens with zero attached hydrogens (tertiary/aromatic N) is 5. The van der Waals surface area contributed by atoms with Gasteiger partial charge in [0, 0.05) is 31.4 Å². The highest BCUT2D eigenvalue weighted by molar-refractivity contribution is 5.97. The van der Waals surface area contributed by atoms with E-state index in [9.17, 15) is 4.79 Å². The molecule has 1 fully saturated rings. The van der Waals surface area contributed by atoms with Crippen LogP contribution in [-0.4, -0.2) is 51.1 Å². The maximum atomic E-state index is 12.8. The molecule has 1 aliphatic heterocycles. The molecular formula is C19H19N5O3. The topological polar surface area (TPSA) is 94.2 Å². The minimum atomic E-state index is -0.0146. The molecule has 3 aromatic rings. The average Bonchev–Trinajstić information content (AvgIpc) is 3.24. The van der Waals surface area contributed by atoms with Gasteiger partial charge in [-0.1, -0.05) is 17.3 Å². The van der Waals surface area contributed by atoms with Gasteiger partial charge in [-0.2, -0.15) is 4.98 Å². The van der Waals surface area contributed by atoms with Gasteiger partial charge in [0.1, 0.15) is 11.4 Å². The lowest BCUT2D eigenvalue weighted by atomic mass is 9.95. The molecule has 3 heterocycles. The summed E-state index contributed by atoms with van der Waals surface area (Å²) in [5, 5.41) is 4.09. The molecule has 2 aromatic heterocycles. The Morgan fingerprint density at radius 1 is 1.22 bits per heavy atom. The zero-order chi connectivity index (χ0) is 18.6. The van der Waals surface area contributed by atoms with E-state index in [1.165, 1.54) is 0 Å². The van der Waals surface area contributed by atoms with Crippen molar-refractivity contribution in [3.05, 3.63) is 54.2 Å². The second-order valence-corrected chi connectivity index (χ2v) is 6.32. The van der Waals surface area contributed by atoms with Crippen molar-refractivity contribution in [2.75, 3.05) is 20.2 Å². The van der Waals surface area contributed by atoms with Gasteiger partial charge in [0.25, 0.3) is 11.8 Å². The molecule has 0 atom stereocenters. The third-order valence-electron chi connectivity index (χ3n) is 4.71. The monoisotopic (exact) mass is 365 g/mol. The first-order chi connectivity index (χ1) is 13.3. The lowest BCUT2D eigenvalue weighted by molar-refractivity contribution is 0.0707. The Bertz CT molecular complexity index is 920. The number of methoxy groups -OCH3 is 1. The predicted octanol–water partition coefficient (Wildman–Crippen LogP) is 2.56. The third-order valence-corrected chi connectivity index (χ3v) is 4.71. The Labute approximate surface area is 156 Å². The predicted molar refractivity (Wildman–Crippen MR) is 96.2 cm³/mol. The number of amides is 1. The second-order valence-electron chi connectivity index (χ2n) is 6.32. The summed E-state index contributed by atoms with van der Waals surface area (Å²) in [6.07, 6.45) is 6.32. The molecule has 0 unspecified atom stereocenters. The average molecular weight is 365 g/mol. The first kappa shape index (κ1) is 17.1. The molecule has 0 N–H and O–H groups in total. The number of hydrogen-bond donors (Lipinski definition) is 0. The molecule has 0 saturated carbocycles. The number of benzene rings is 1. The van der Waals surface area contributed by atoms with E-state index in [1.54, 1.807) is 37.8 Å². The van der Waals surface area contributed by atoms with E-state index < -0.39 is 0 Å². The number of ether oxygens (including phenoxy) is 1. The summed E-state index contributed by atoms with van der Waals surface area (Å²) in [7, 11) is 1.57. The number of hydrogen-bond acceptors (Lipinski definition) is 7. The van der Waals surface area contributed by atoms with Crippen LogP contribution < -0.4 is 4.74 Å². The molecule has 8 nitrogen and oxygen atoms in total. The zero-order valence-electron chi connectivity index (χ0n) is 14.9. The molecule has 1 amide bonds. The van der Waals surface area contributed by atoms with Crippen molar-refractivity contribution >= 4 is 5.91 Å². The van der Waals surface area contributed by atoms with Gasteiger partial charge in [0.15, 0.2) is 5.82 Å². The van der Waals surface area contributed by atoms with Crippen LogP contribution in [0.1, 0.15) is 34.9 Å². The largest absolute Gasteiger partial charge is 0.496 e. The van der Waals surface area contributed by atoms with E-state index in [0.717, 1.165) is 12.8 Å². The summed E-state index contributed by atoms with van der Waals surface area (Å²) in [6.45, 7) is 1.27. The van der Waals surface area contributed by atoms with Gasteiger partial charge in [0.2, 0.25) is 0 Å². The SMILES string of the molecule is COc1ccccc1C(=O)N1CCC(c2noc(-c3cnccn3)n2)CC1. The van der Waals surface area contributed by atoms with Crippen molar-refractivity contribution in [1.82, 2.24) is 25.0 Å². The van der Waals surface area contributed by atoms with Crippen molar-refractivity contribution < 1.29 is 14.1 Å². The number of aromatic nitrogens is 4. The van der Waals surface area contributed by atoms with Crippen LogP contribution in [0.15, 0.2) is 47.4 Å². The maximum absolute atomic E-state index is 12.8.